The van der Waals surface area contributed by atoms with E-state index in [1.54, 1.807) is 18.2 Å². The summed E-state index contributed by atoms with van der Waals surface area (Å²) < 4.78 is 49.7. The molecule has 8 nitrogen and oxygen atoms in total. The number of methoxy groups -OCH3 is 3. The number of halogens is 1. The molecule has 1 N–H and O–H groups in total. The van der Waals surface area contributed by atoms with Gasteiger partial charge in [0.1, 0.15) is 17.2 Å². The molecule has 0 unspecified atom stereocenters. The number of nitrogens with one attached hydrogen (secondary N) is 1. The summed E-state index contributed by atoms with van der Waals surface area (Å²) in [6.45, 7) is 0. The molecule has 10 heteroatoms. The largest absolute Gasteiger partial charge is 0.496 e. The van der Waals surface area contributed by atoms with Gasteiger partial charge < -0.3 is 18.7 Å². The lowest BCUT2D eigenvalue weighted by Gasteiger charge is -2.13. The van der Waals surface area contributed by atoms with E-state index in [9.17, 15) is 8.42 Å². The summed E-state index contributed by atoms with van der Waals surface area (Å²) in [6.07, 6.45) is 0. The van der Waals surface area contributed by atoms with Crippen molar-refractivity contribution in [2.45, 2.75) is 4.90 Å². The third-order valence-electron chi connectivity index (χ3n) is 3.63. The first-order valence-electron chi connectivity index (χ1n) is 7.28. The quantitative estimate of drug-likeness (QED) is 0.623. The Morgan fingerprint density at radius 2 is 1.65 bits per heavy atom. The molecule has 3 rings (SSSR count). The minimum absolute atomic E-state index is 0.0266. The molecule has 26 heavy (non-hydrogen) atoms. The maximum Gasteiger partial charge on any atom is 0.270 e. The predicted octanol–water partition coefficient (Wildman–Crippen LogP) is 3.42. The van der Waals surface area contributed by atoms with Crippen LogP contribution >= 0.6 is 15.9 Å². The third kappa shape index (κ3) is 3.17. The van der Waals surface area contributed by atoms with E-state index in [1.165, 1.54) is 33.5 Å². The number of hydrogen-bond acceptors (Lipinski definition) is 7. The van der Waals surface area contributed by atoms with E-state index in [-0.39, 0.29) is 22.2 Å². The van der Waals surface area contributed by atoms with Crippen molar-refractivity contribution in [3.05, 3.63) is 34.8 Å². The average Bonchev–Trinajstić information content (AvgIpc) is 3.00. The molecule has 0 spiro atoms. The fourth-order valence-corrected chi connectivity index (χ4v) is 4.25. The smallest absolute Gasteiger partial charge is 0.270 e. The SMILES string of the molecule is COc1cc2c(NS(=O)(=O)c3c(OC)cccc3OC)noc2cc1Br. The van der Waals surface area contributed by atoms with Crippen molar-refractivity contribution in [3.8, 4) is 17.2 Å². The Hall–Kier alpha value is -2.46. The van der Waals surface area contributed by atoms with Gasteiger partial charge in [-0.3, -0.25) is 4.72 Å². The molecular weight excluding hydrogens is 428 g/mol. The van der Waals surface area contributed by atoms with Crippen LogP contribution in [0.2, 0.25) is 0 Å². The highest BCUT2D eigenvalue weighted by atomic mass is 79.9. The second-order valence-electron chi connectivity index (χ2n) is 5.11. The van der Waals surface area contributed by atoms with Gasteiger partial charge in [-0.05, 0) is 34.1 Å². The summed E-state index contributed by atoms with van der Waals surface area (Å²) in [5.41, 5.74) is 0.391. The number of anilines is 1. The lowest BCUT2D eigenvalue weighted by Crippen LogP contribution is -2.15. The lowest BCUT2D eigenvalue weighted by molar-refractivity contribution is 0.373. The molecule has 2 aromatic carbocycles. The summed E-state index contributed by atoms with van der Waals surface area (Å²) >= 11 is 3.34. The van der Waals surface area contributed by atoms with Crippen molar-refractivity contribution in [2.75, 3.05) is 26.1 Å². The Kier molecular flexibility index (Phi) is 4.97. The zero-order valence-electron chi connectivity index (χ0n) is 14.1. The van der Waals surface area contributed by atoms with Crippen molar-refractivity contribution in [2.24, 2.45) is 0 Å². The van der Waals surface area contributed by atoms with Crippen LogP contribution < -0.4 is 18.9 Å². The van der Waals surface area contributed by atoms with E-state index in [2.05, 4.69) is 25.8 Å². The van der Waals surface area contributed by atoms with Crippen LogP contribution in [0.3, 0.4) is 0 Å². The number of sulfonamides is 1. The molecule has 0 fully saturated rings. The highest BCUT2D eigenvalue weighted by molar-refractivity contribution is 9.10. The molecule has 0 bridgehead atoms. The zero-order valence-corrected chi connectivity index (χ0v) is 16.5. The van der Waals surface area contributed by atoms with Crippen LogP contribution in [-0.2, 0) is 10.0 Å². The molecule has 0 aliphatic heterocycles. The van der Waals surface area contributed by atoms with Crippen LogP contribution in [0.1, 0.15) is 0 Å². The maximum atomic E-state index is 12.9. The van der Waals surface area contributed by atoms with Crippen LogP contribution in [0, 0.1) is 0 Å². The highest BCUT2D eigenvalue weighted by Crippen LogP contribution is 2.37. The molecule has 1 heterocycles. The summed E-state index contributed by atoms with van der Waals surface area (Å²) in [5.74, 6) is 0.824. The van der Waals surface area contributed by atoms with Crippen molar-refractivity contribution < 1.29 is 27.2 Å². The standard InChI is InChI=1S/C16H15BrN2O6S/c1-22-11-5-4-6-12(23-2)15(11)26(20,21)19-16-9-7-14(24-3)10(17)8-13(9)25-18-16/h4-8H,1-3H3,(H,18,19). The molecule has 0 aliphatic rings. The fourth-order valence-electron chi connectivity index (χ4n) is 2.43. The molecule has 0 atom stereocenters. The number of hydrogen-bond donors (Lipinski definition) is 1. The molecule has 1 aromatic heterocycles. The fraction of sp³-hybridized carbons (Fsp3) is 0.188. The summed E-state index contributed by atoms with van der Waals surface area (Å²) in [7, 11) is 0.191. The Morgan fingerprint density at radius 3 is 2.23 bits per heavy atom. The lowest BCUT2D eigenvalue weighted by atomic mass is 10.2. The first-order chi connectivity index (χ1) is 12.4. The van der Waals surface area contributed by atoms with Gasteiger partial charge >= 0.3 is 0 Å². The Morgan fingerprint density at radius 1 is 1.04 bits per heavy atom. The van der Waals surface area contributed by atoms with E-state index in [1.807, 2.05) is 0 Å². The summed E-state index contributed by atoms with van der Waals surface area (Å²) in [5, 5.41) is 4.26. The predicted molar refractivity (Wildman–Crippen MR) is 98.6 cm³/mol. The number of aromatic nitrogens is 1. The van der Waals surface area contributed by atoms with E-state index in [4.69, 9.17) is 18.7 Å². The number of fused-ring (bicyclic) bond motifs is 1. The van der Waals surface area contributed by atoms with Gasteiger partial charge in [-0.15, -0.1) is 0 Å². The number of benzene rings is 2. The molecule has 3 aromatic rings. The number of rotatable bonds is 6. The van der Waals surface area contributed by atoms with Gasteiger partial charge in [-0.25, -0.2) is 8.42 Å². The maximum absolute atomic E-state index is 12.9. The van der Waals surface area contributed by atoms with Gasteiger partial charge in [0, 0.05) is 6.07 Å². The minimum atomic E-state index is -4.06. The average molecular weight is 443 g/mol. The summed E-state index contributed by atoms with van der Waals surface area (Å²) in [6, 6.07) is 7.94. The van der Waals surface area contributed by atoms with E-state index in [0.29, 0.717) is 21.2 Å². The van der Waals surface area contributed by atoms with Crippen LogP contribution in [0.15, 0.2) is 44.2 Å². The Labute approximate surface area is 158 Å². The van der Waals surface area contributed by atoms with Crippen molar-refractivity contribution >= 4 is 42.7 Å². The van der Waals surface area contributed by atoms with Gasteiger partial charge in [0.2, 0.25) is 0 Å². The zero-order chi connectivity index (χ0) is 18.9. The molecule has 0 amide bonds. The topological polar surface area (TPSA) is 99.9 Å². The van der Waals surface area contributed by atoms with Crippen LogP contribution in [0.4, 0.5) is 5.82 Å². The first-order valence-corrected chi connectivity index (χ1v) is 9.55. The molecule has 0 saturated carbocycles. The van der Waals surface area contributed by atoms with Crippen molar-refractivity contribution in [3.63, 3.8) is 0 Å². The van der Waals surface area contributed by atoms with E-state index in [0.717, 1.165) is 0 Å². The second kappa shape index (κ2) is 7.04. The van der Waals surface area contributed by atoms with Crippen molar-refractivity contribution in [1.82, 2.24) is 5.16 Å². The van der Waals surface area contributed by atoms with Gasteiger partial charge in [0.05, 0.1) is 31.2 Å². The van der Waals surface area contributed by atoms with Gasteiger partial charge in [-0.1, -0.05) is 11.2 Å². The van der Waals surface area contributed by atoms with E-state index < -0.39 is 10.0 Å². The van der Waals surface area contributed by atoms with Crippen LogP contribution in [0.5, 0.6) is 17.2 Å². The van der Waals surface area contributed by atoms with Crippen LogP contribution in [-0.4, -0.2) is 34.9 Å². The highest BCUT2D eigenvalue weighted by Gasteiger charge is 2.27. The molecule has 0 aliphatic carbocycles. The minimum Gasteiger partial charge on any atom is -0.496 e. The normalized spacial score (nSPS) is 11.4. The van der Waals surface area contributed by atoms with Gasteiger partial charge in [0.15, 0.2) is 16.3 Å². The molecular formula is C16H15BrN2O6S. The van der Waals surface area contributed by atoms with Gasteiger partial charge in [-0.2, -0.15) is 0 Å². The Balaban J connectivity index is 2.10. The van der Waals surface area contributed by atoms with Gasteiger partial charge in [0.25, 0.3) is 10.0 Å². The third-order valence-corrected chi connectivity index (χ3v) is 5.65. The van der Waals surface area contributed by atoms with Crippen molar-refractivity contribution in [1.29, 1.82) is 0 Å². The Bertz CT molecular complexity index is 1040. The first kappa shape index (κ1) is 18.3. The number of nitrogens with zero attached hydrogens (tertiary/aromatic N) is 1. The molecule has 138 valence electrons. The monoisotopic (exact) mass is 442 g/mol. The summed E-state index contributed by atoms with van der Waals surface area (Å²) in [4.78, 5) is -0.134. The van der Waals surface area contributed by atoms with E-state index >= 15 is 0 Å². The molecule has 0 radical (unpaired) electrons. The molecule has 0 saturated heterocycles. The number of ether oxygens (including phenoxy) is 3. The second-order valence-corrected chi connectivity index (χ2v) is 7.58. The van der Waals surface area contributed by atoms with Crippen LogP contribution in [0.25, 0.3) is 11.0 Å².